The van der Waals surface area contributed by atoms with Crippen LogP contribution in [0, 0.1) is 0 Å². The fourth-order valence-electron chi connectivity index (χ4n) is 0.394. The van der Waals surface area contributed by atoms with Crippen LogP contribution in [0.5, 0.6) is 0 Å². The zero-order valence-corrected chi connectivity index (χ0v) is 4.18. The van der Waals surface area contributed by atoms with Gasteiger partial charge >= 0.3 is 0 Å². The Kier molecular flexibility index (Phi) is 0.988. The average Bonchev–Trinajstić information content (AvgIpc) is 2.44. The van der Waals surface area contributed by atoms with Crippen molar-refractivity contribution >= 4 is 0 Å². The maximum Gasteiger partial charge on any atom is 0.105 e. The van der Waals surface area contributed by atoms with Gasteiger partial charge < -0.3 is 4.74 Å². The number of rotatable bonds is 2. The van der Waals surface area contributed by atoms with E-state index in [0.717, 1.165) is 12.2 Å². The molecule has 1 fully saturated rings. The van der Waals surface area contributed by atoms with Crippen LogP contribution in [0.4, 0.5) is 0 Å². The molecule has 1 unspecified atom stereocenters. The molecule has 1 heterocycles. The van der Waals surface area contributed by atoms with Gasteiger partial charge in [0, 0.05) is 0 Å². The molecule has 0 aromatic carbocycles. The minimum atomic E-state index is 0.303. The van der Waals surface area contributed by atoms with Gasteiger partial charge in [-0.05, 0) is 5.57 Å². The van der Waals surface area contributed by atoms with E-state index in [2.05, 4.69) is 13.2 Å². The van der Waals surface area contributed by atoms with Crippen LogP contribution >= 0.6 is 0 Å². The summed E-state index contributed by atoms with van der Waals surface area (Å²) in [6.45, 7) is 8.07. The molecular weight excluding hydrogens is 88.1 g/mol. The first-order valence-electron chi connectivity index (χ1n) is 2.27. The minimum Gasteiger partial charge on any atom is -0.368 e. The number of hydrogen-bond acceptors (Lipinski definition) is 1. The second kappa shape index (κ2) is 1.51. The van der Waals surface area contributed by atoms with Gasteiger partial charge in [-0.2, -0.15) is 0 Å². The van der Waals surface area contributed by atoms with Crippen LogP contribution in [0.1, 0.15) is 0 Å². The zero-order valence-electron chi connectivity index (χ0n) is 4.18. The molecule has 0 N–H and O–H groups in total. The van der Waals surface area contributed by atoms with Crippen molar-refractivity contribution < 1.29 is 4.74 Å². The lowest BCUT2D eigenvalue weighted by Gasteiger charge is -1.83. The van der Waals surface area contributed by atoms with Gasteiger partial charge in [0.1, 0.15) is 6.10 Å². The Bertz CT molecular complexity index is 101. The van der Waals surface area contributed by atoms with E-state index in [1.165, 1.54) is 0 Å². The molecule has 1 nitrogen and oxygen atoms in total. The molecule has 1 heteroatoms. The molecule has 38 valence electrons. The van der Waals surface area contributed by atoms with Gasteiger partial charge in [0.2, 0.25) is 0 Å². The van der Waals surface area contributed by atoms with Crippen LogP contribution in [-0.2, 0) is 4.74 Å². The molecule has 0 aromatic rings. The smallest absolute Gasteiger partial charge is 0.105 e. The van der Waals surface area contributed by atoms with E-state index in [1.54, 1.807) is 6.08 Å². The van der Waals surface area contributed by atoms with Crippen LogP contribution in [0.2, 0.25) is 0 Å². The summed E-state index contributed by atoms with van der Waals surface area (Å²) in [5.74, 6) is 0. The van der Waals surface area contributed by atoms with Crippen LogP contribution in [0.3, 0.4) is 0 Å². The highest BCUT2D eigenvalue weighted by molar-refractivity contribution is 5.20. The van der Waals surface area contributed by atoms with Gasteiger partial charge in [0.05, 0.1) is 6.61 Å². The quantitative estimate of drug-likeness (QED) is 0.371. The Hall–Kier alpha value is -0.560. The molecular formula is C6H8O. The zero-order chi connectivity index (χ0) is 5.28. The predicted molar refractivity (Wildman–Crippen MR) is 29.1 cm³/mol. The van der Waals surface area contributed by atoms with Crippen molar-refractivity contribution in [2.24, 2.45) is 0 Å². The first kappa shape index (κ1) is 4.60. The molecule has 1 rings (SSSR count). The van der Waals surface area contributed by atoms with E-state index >= 15 is 0 Å². The SMILES string of the molecule is C=CC(=C)C1CO1. The Morgan fingerprint density at radius 3 is 2.57 bits per heavy atom. The maximum atomic E-state index is 4.89. The van der Waals surface area contributed by atoms with Gasteiger partial charge in [-0.3, -0.25) is 0 Å². The number of ether oxygens (including phenoxy) is 1. The lowest BCUT2D eigenvalue weighted by molar-refractivity contribution is 0.435. The molecule has 1 aliphatic rings. The van der Waals surface area contributed by atoms with Crippen LogP contribution in [0.25, 0.3) is 0 Å². The summed E-state index contributed by atoms with van der Waals surface area (Å²) in [6.07, 6.45) is 2.04. The average molecular weight is 96.1 g/mol. The van der Waals surface area contributed by atoms with Crippen LogP contribution < -0.4 is 0 Å². The summed E-state index contributed by atoms with van der Waals surface area (Å²) in [5, 5.41) is 0. The van der Waals surface area contributed by atoms with E-state index in [1.807, 2.05) is 0 Å². The van der Waals surface area contributed by atoms with Crippen molar-refractivity contribution in [3.05, 3.63) is 24.8 Å². The monoisotopic (exact) mass is 96.1 g/mol. The summed E-state index contributed by atoms with van der Waals surface area (Å²) < 4.78 is 4.89. The van der Waals surface area contributed by atoms with Gasteiger partial charge in [-0.25, -0.2) is 0 Å². The third kappa shape index (κ3) is 0.904. The molecule has 7 heavy (non-hydrogen) atoms. The maximum absolute atomic E-state index is 4.89. The fraction of sp³-hybridized carbons (Fsp3) is 0.333. The summed E-state index contributed by atoms with van der Waals surface area (Å²) in [7, 11) is 0. The molecule has 0 radical (unpaired) electrons. The van der Waals surface area contributed by atoms with Gasteiger partial charge in [-0.15, -0.1) is 0 Å². The van der Waals surface area contributed by atoms with Crippen molar-refractivity contribution in [3.8, 4) is 0 Å². The highest BCUT2D eigenvalue weighted by atomic mass is 16.6. The number of epoxide rings is 1. The van der Waals surface area contributed by atoms with Crippen LogP contribution in [-0.4, -0.2) is 12.7 Å². The molecule has 0 amide bonds. The topological polar surface area (TPSA) is 12.5 Å². The Balaban J connectivity index is 2.37. The van der Waals surface area contributed by atoms with E-state index in [4.69, 9.17) is 4.74 Å². The van der Waals surface area contributed by atoms with Crippen LogP contribution in [0.15, 0.2) is 24.8 Å². The molecule has 0 aromatic heterocycles. The third-order valence-corrected chi connectivity index (χ3v) is 1.01. The third-order valence-electron chi connectivity index (χ3n) is 1.01. The standard InChI is InChI=1S/C6H8O/c1-3-5(2)6-4-7-6/h3,6H,1-2,4H2. The fourth-order valence-corrected chi connectivity index (χ4v) is 0.394. The van der Waals surface area contributed by atoms with E-state index in [0.29, 0.717) is 6.10 Å². The lowest BCUT2D eigenvalue weighted by Crippen LogP contribution is -1.82. The predicted octanol–water partition coefficient (Wildman–Crippen LogP) is 1.13. The first-order valence-corrected chi connectivity index (χ1v) is 2.27. The summed E-state index contributed by atoms with van der Waals surface area (Å²) >= 11 is 0. The second-order valence-corrected chi connectivity index (χ2v) is 1.60. The van der Waals surface area contributed by atoms with Crippen molar-refractivity contribution in [2.75, 3.05) is 6.61 Å². The normalized spacial score (nSPS) is 26.6. The van der Waals surface area contributed by atoms with Gasteiger partial charge in [0.15, 0.2) is 0 Å². The second-order valence-electron chi connectivity index (χ2n) is 1.60. The first-order chi connectivity index (χ1) is 3.34. The highest BCUT2D eigenvalue weighted by Gasteiger charge is 2.23. The minimum absolute atomic E-state index is 0.303. The molecule has 0 saturated carbocycles. The molecule has 0 spiro atoms. The van der Waals surface area contributed by atoms with Crippen molar-refractivity contribution in [1.82, 2.24) is 0 Å². The Labute approximate surface area is 43.3 Å². The van der Waals surface area contributed by atoms with Crippen molar-refractivity contribution in [1.29, 1.82) is 0 Å². The van der Waals surface area contributed by atoms with E-state index in [-0.39, 0.29) is 0 Å². The molecule has 1 aliphatic heterocycles. The van der Waals surface area contributed by atoms with E-state index < -0.39 is 0 Å². The number of hydrogen-bond donors (Lipinski definition) is 0. The summed E-state index contributed by atoms with van der Waals surface area (Å²) in [4.78, 5) is 0. The molecule has 1 atom stereocenters. The molecule has 1 saturated heterocycles. The van der Waals surface area contributed by atoms with Crippen molar-refractivity contribution in [3.63, 3.8) is 0 Å². The van der Waals surface area contributed by atoms with E-state index in [9.17, 15) is 0 Å². The summed E-state index contributed by atoms with van der Waals surface area (Å²) in [6, 6.07) is 0. The highest BCUT2D eigenvalue weighted by Crippen LogP contribution is 2.17. The van der Waals surface area contributed by atoms with Gasteiger partial charge in [0.25, 0.3) is 0 Å². The molecule has 0 aliphatic carbocycles. The summed E-state index contributed by atoms with van der Waals surface area (Å²) in [5.41, 5.74) is 1.00. The van der Waals surface area contributed by atoms with Crippen molar-refractivity contribution in [2.45, 2.75) is 6.10 Å². The van der Waals surface area contributed by atoms with Gasteiger partial charge in [-0.1, -0.05) is 19.2 Å². The largest absolute Gasteiger partial charge is 0.368 e. The Morgan fingerprint density at radius 1 is 1.86 bits per heavy atom. The molecule has 0 bridgehead atoms. The Morgan fingerprint density at radius 2 is 2.43 bits per heavy atom. The lowest BCUT2D eigenvalue weighted by atomic mass is 10.2.